The predicted octanol–water partition coefficient (Wildman–Crippen LogP) is 21.3. The van der Waals surface area contributed by atoms with Crippen LogP contribution in [0.3, 0.4) is 0 Å². The van der Waals surface area contributed by atoms with Crippen molar-refractivity contribution in [3.05, 3.63) is 206 Å². The molecule has 0 spiro atoms. The van der Waals surface area contributed by atoms with Crippen molar-refractivity contribution in [1.29, 1.82) is 0 Å². The number of fused-ring (bicyclic) bond motifs is 14. The Morgan fingerprint density at radius 2 is 0.592 bits per heavy atom. The fourth-order valence-corrected chi connectivity index (χ4v) is 43.0. The van der Waals surface area contributed by atoms with Gasteiger partial charge in [-0.2, -0.15) is 0 Å². The molecule has 0 aromatic heterocycles. The SMILES string of the molecule is CCO[Si](OCC)(OCC)C1CC2C=CC1C2.CC[Si](C)(OCC1CC2C=CC1C2)c1ccccc1.CC[Si](OCC1CC2C=CC1C2)(c1ccccc1)c1ccccc1.CO[Si](CCC1CC2C=CC1C2)(OC)OC.CO[Si](OC)(OC(C)(C)C)C1CC2C=CC1C2.CO[Si](OC)(OC)C1CC2C=CC1C2.C[Si](C)(OCC1CC2C=CC1C2)c1ccccc1. The summed E-state index contributed by atoms with van der Waals surface area (Å²) in [5, 5.41) is 5.65. The van der Waals surface area contributed by atoms with Crippen molar-refractivity contribution >= 4 is 80.9 Å². The average molecular weight is 1830 g/mol. The predicted molar refractivity (Wildman–Crippen MR) is 525 cm³/mol. The highest BCUT2D eigenvalue weighted by Gasteiger charge is 2.60. The van der Waals surface area contributed by atoms with Gasteiger partial charge in [-0.1, -0.05) is 220 Å². The van der Waals surface area contributed by atoms with Gasteiger partial charge >= 0.3 is 35.2 Å². The van der Waals surface area contributed by atoms with E-state index >= 15 is 0 Å². The van der Waals surface area contributed by atoms with Crippen LogP contribution < -0.4 is 20.7 Å². The van der Waals surface area contributed by atoms with Gasteiger partial charge in [0.25, 0.3) is 8.32 Å². The monoisotopic (exact) mass is 1830 g/mol. The van der Waals surface area contributed by atoms with E-state index in [1.54, 1.807) is 56.9 Å². The van der Waals surface area contributed by atoms with Crippen molar-refractivity contribution < 1.29 is 66.4 Å². The molecule has 22 unspecified atom stereocenters. The first-order chi connectivity index (χ1) is 60.3. The maximum absolute atomic E-state index is 6.89. The molecule has 4 aromatic rings. The van der Waals surface area contributed by atoms with Gasteiger partial charge in [-0.05, 0) is 297 Å². The first kappa shape index (κ1) is 100.0. The highest BCUT2D eigenvalue weighted by molar-refractivity contribution is 6.97. The number of allylic oxidation sites excluding steroid dienone is 14. The summed E-state index contributed by atoms with van der Waals surface area (Å²) in [4.78, 5) is 0. The van der Waals surface area contributed by atoms with Crippen LogP contribution in [0.25, 0.3) is 0 Å². The van der Waals surface area contributed by atoms with Gasteiger partial charge in [0.05, 0.1) is 5.60 Å². The van der Waals surface area contributed by atoms with Gasteiger partial charge in [-0.25, -0.2) is 0 Å². The van der Waals surface area contributed by atoms with Gasteiger partial charge in [-0.3, -0.25) is 0 Å². The molecule has 14 bridgehead atoms. The Kier molecular flexibility index (Phi) is 36.9. The molecule has 0 N–H and O–H groups in total. The topological polar surface area (TPSA) is 138 Å². The lowest BCUT2D eigenvalue weighted by Crippen LogP contribution is -2.60. The molecule has 7 saturated carbocycles. The summed E-state index contributed by atoms with van der Waals surface area (Å²) in [7, 11) is -1.64. The summed E-state index contributed by atoms with van der Waals surface area (Å²) in [6.07, 6.45) is 52.6. The van der Waals surface area contributed by atoms with E-state index in [0.717, 1.165) is 121 Å². The first-order valence-corrected chi connectivity index (χ1v) is 63.2. The smallest absolute Gasteiger partial charge is 0.413 e. The minimum atomic E-state index is -2.55. The fourth-order valence-electron chi connectivity index (χ4n) is 23.9. The lowest BCUT2D eigenvalue weighted by Gasteiger charge is -2.39. The molecule has 7 fully saturated rings. The van der Waals surface area contributed by atoms with Crippen molar-refractivity contribution in [2.75, 3.05) is 96.5 Å². The molecule has 690 valence electrons. The summed E-state index contributed by atoms with van der Waals surface area (Å²) in [6.45, 7) is 28.7. The minimum Gasteiger partial charge on any atom is -0.413 e. The Balaban J connectivity index is 0.000000134. The van der Waals surface area contributed by atoms with Crippen LogP contribution >= 0.6 is 0 Å². The van der Waals surface area contributed by atoms with Crippen molar-refractivity contribution in [3.63, 3.8) is 0 Å². The van der Waals surface area contributed by atoms with Crippen molar-refractivity contribution in [1.82, 2.24) is 0 Å². The number of benzene rings is 4. The standard InChI is InChI=1S/C22H26OSi.C17H24OSi.C16H22OSi.2C13H24O3Si.C12H22O3Si.C10H18O3Si/c1-2-24(21-9-5-3-6-10-21,22-11-7-4-8-12-22)23-17-20-16-18-13-14-19(20)15-18;1-3-19(2,17-7-5-4-6-8-17)18-13-16-12-14-9-10-15(16)11-14;1-18(2,16-6-4-3-5-7-16)17-12-15-11-13-8-9-14(15)10-13;1-13(2,3)16-17(14-4,15-5)12-9-10-6-7-11(12)8-10;1-4-14-17(15-5-2,16-6-3)13-10-11-7-8-12(13)9-11;1-13-16(14-2,15-3)7-6-12-9-10-4-5-11(12)8-10;1-11-14(12-2,13-3)10-7-8-4-5-9(10)6-8/h3-14,18-20H,2,15-17H2,1H3;4-10,14-16H,3,11-13H2,1-2H3;3-9,13-15H,10-12H2,1-2H3;6-7,10-12H,8-9H2,1-5H3;7-8,11-13H,4-6,9-10H2,1-3H3;4-5,10-12H,6-9H2,1-3H3;4-5,8-10H,6-7H2,1-3H3. The molecule has 18 rings (SSSR count). The summed E-state index contributed by atoms with van der Waals surface area (Å²) in [5.41, 5.74) is 1.17. The molecule has 0 amide bonds. The lowest BCUT2D eigenvalue weighted by molar-refractivity contribution is 0.00692. The molecule has 14 aliphatic carbocycles. The van der Waals surface area contributed by atoms with E-state index in [0.29, 0.717) is 66.0 Å². The Labute approximate surface area is 763 Å². The molecule has 125 heavy (non-hydrogen) atoms. The van der Waals surface area contributed by atoms with Crippen LogP contribution in [-0.4, -0.2) is 162 Å². The third-order valence-electron chi connectivity index (χ3n) is 30.9. The normalized spacial score (nSPS) is 30.8. The average Bonchev–Trinajstić information content (AvgIpc) is 1.69. The van der Waals surface area contributed by atoms with Crippen molar-refractivity contribution in [3.8, 4) is 0 Å². The number of hydrogen-bond donors (Lipinski definition) is 0. The minimum absolute atomic E-state index is 0.218. The Morgan fingerprint density at radius 3 is 0.880 bits per heavy atom. The van der Waals surface area contributed by atoms with E-state index in [1.165, 1.54) is 111 Å². The van der Waals surface area contributed by atoms with Gasteiger partial charge in [-0.15, -0.1) is 0 Å². The quantitative estimate of drug-likeness (QED) is 0.0315. The maximum atomic E-state index is 6.89. The summed E-state index contributed by atoms with van der Waals surface area (Å²) < 4.78 is 88.5. The van der Waals surface area contributed by atoms with Gasteiger partial charge in [0.15, 0.2) is 0 Å². The van der Waals surface area contributed by atoms with E-state index in [4.69, 9.17) is 66.4 Å². The molecule has 0 saturated heterocycles. The molecule has 4 aromatic carbocycles. The second-order valence-electron chi connectivity index (χ2n) is 39.7. The van der Waals surface area contributed by atoms with Crippen LogP contribution in [0.4, 0.5) is 0 Å². The zero-order valence-electron chi connectivity index (χ0n) is 79.8. The third-order valence-corrected chi connectivity index (χ3v) is 54.7. The van der Waals surface area contributed by atoms with Gasteiger partial charge in [0.2, 0.25) is 16.6 Å². The van der Waals surface area contributed by atoms with Crippen LogP contribution in [0.15, 0.2) is 206 Å². The van der Waals surface area contributed by atoms with E-state index in [-0.39, 0.29) is 5.60 Å². The van der Waals surface area contributed by atoms with Gasteiger partial charge in [0, 0.05) is 119 Å². The summed E-state index contributed by atoms with van der Waals surface area (Å²) in [5.74, 6) is 13.6. The summed E-state index contributed by atoms with van der Waals surface area (Å²) >= 11 is 0. The molecule has 14 aliphatic rings. The molecule has 22 heteroatoms. The first-order valence-electron chi connectivity index (χ1n) is 48.3. The Bertz CT molecular complexity index is 3990. The van der Waals surface area contributed by atoms with Gasteiger partial charge in [0.1, 0.15) is 0 Å². The van der Waals surface area contributed by atoms with Crippen molar-refractivity contribution in [2.24, 2.45) is 107 Å². The zero-order chi connectivity index (χ0) is 89.1. The van der Waals surface area contributed by atoms with Crippen LogP contribution in [0.1, 0.15) is 152 Å². The number of hydrogen-bond acceptors (Lipinski definition) is 15. The second kappa shape index (κ2) is 46.1. The van der Waals surface area contributed by atoms with E-state index in [2.05, 4.69) is 261 Å². The largest absolute Gasteiger partial charge is 0.504 e. The van der Waals surface area contributed by atoms with Crippen LogP contribution in [-0.2, 0) is 66.4 Å². The maximum Gasteiger partial charge on any atom is 0.504 e. The second-order valence-corrected chi connectivity index (χ2v) is 63.4. The molecular weight excluding hydrogens is 1670 g/mol. The molecule has 0 heterocycles. The molecular formula is C103H160O15Si7. The lowest BCUT2D eigenvalue weighted by atomic mass is 9.91. The van der Waals surface area contributed by atoms with E-state index < -0.39 is 60.2 Å². The molecule has 15 nitrogen and oxygen atoms in total. The number of rotatable bonds is 36. The summed E-state index contributed by atoms with van der Waals surface area (Å²) in [6, 6.07) is 46.7. The Hall–Kier alpha value is -4.02. The molecule has 22 atom stereocenters. The Morgan fingerprint density at radius 1 is 0.288 bits per heavy atom. The fraction of sp³-hybridized carbons (Fsp3) is 0.631. The van der Waals surface area contributed by atoms with Crippen LogP contribution in [0.2, 0.25) is 54.4 Å². The van der Waals surface area contributed by atoms with Crippen LogP contribution in [0.5, 0.6) is 0 Å². The molecule has 0 aliphatic heterocycles. The highest BCUT2D eigenvalue weighted by atomic mass is 28.4. The molecule has 0 radical (unpaired) electrons. The van der Waals surface area contributed by atoms with Gasteiger partial charge < -0.3 is 66.4 Å². The van der Waals surface area contributed by atoms with E-state index in [9.17, 15) is 0 Å². The van der Waals surface area contributed by atoms with Crippen LogP contribution in [0, 0.1) is 107 Å². The zero-order valence-corrected chi connectivity index (χ0v) is 86.8. The van der Waals surface area contributed by atoms with Crippen molar-refractivity contribution in [2.45, 2.75) is 212 Å². The third kappa shape index (κ3) is 24.5. The highest BCUT2D eigenvalue weighted by Crippen LogP contribution is 2.56. The van der Waals surface area contributed by atoms with E-state index in [1.807, 2.05) is 20.8 Å².